The monoisotopic (exact) mass is 205 g/mol. The third-order valence-electron chi connectivity index (χ3n) is 1.64. The second-order valence-electron chi connectivity index (χ2n) is 2.49. The fraction of sp³-hybridized carbons (Fsp3) is 0.100. The van der Waals surface area contributed by atoms with Crippen molar-refractivity contribution in [1.82, 2.24) is 4.98 Å². The predicted molar refractivity (Wildman–Crippen MR) is 60.4 cm³/mol. The maximum absolute atomic E-state index is 4.20. The number of rotatable bonds is 0. The molecule has 0 spiro atoms. The maximum atomic E-state index is 4.20. The second kappa shape index (κ2) is 3.82. The van der Waals surface area contributed by atoms with Crippen molar-refractivity contribution in [3.63, 3.8) is 0 Å². The van der Waals surface area contributed by atoms with E-state index in [0.717, 1.165) is 11.1 Å². The van der Waals surface area contributed by atoms with Crippen LogP contribution in [0.1, 0.15) is 5.56 Å². The first kappa shape index (κ1) is 8.61. The summed E-state index contributed by atoms with van der Waals surface area (Å²) in [6.45, 7) is 0. The smallest absolute Gasteiger partial charge is 0.0812 e. The van der Waals surface area contributed by atoms with Crippen molar-refractivity contribution >= 4 is 34.2 Å². The molecule has 0 N–H and O–H groups in total. The Labute approximate surface area is 86.2 Å². The summed E-state index contributed by atoms with van der Waals surface area (Å²) in [6.07, 6.45) is 0. The Balaban J connectivity index is 2.48. The lowest BCUT2D eigenvalue weighted by molar-refractivity contribution is 1.50. The molecule has 0 saturated carbocycles. The van der Waals surface area contributed by atoms with Gasteiger partial charge in [0.15, 0.2) is 0 Å². The summed E-state index contributed by atoms with van der Waals surface area (Å²) in [7, 11) is 0. The molecule has 1 aromatic heterocycles. The van der Waals surface area contributed by atoms with Crippen molar-refractivity contribution < 1.29 is 0 Å². The lowest BCUT2D eigenvalue weighted by atomic mass is 10.2. The fourth-order valence-electron chi connectivity index (χ4n) is 1.07. The van der Waals surface area contributed by atoms with E-state index in [0.29, 0.717) is 5.75 Å². The number of nitrogens with zero attached hydrogens (tertiary/aromatic N) is 1. The largest absolute Gasteiger partial charge is 0.245 e. The molecule has 0 amide bonds. The van der Waals surface area contributed by atoms with E-state index in [1.54, 1.807) is 11.3 Å². The van der Waals surface area contributed by atoms with E-state index in [-0.39, 0.29) is 0 Å². The molecular weight excluding hydrogens is 198 g/mol. The molecule has 1 nitrogen and oxygen atoms in total. The molecule has 0 aliphatic rings. The highest BCUT2D eigenvalue weighted by Crippen LogP contribution is 2.18. The summed E-state index contributed by atoms with van der Waals surface area (Å²) >= 11 is 5.67. The Morgan fingerprint density at radius 3 is 3.23 bits per heavy atom. The van der Waals surface area contributed by atoms with E-state index < -0.39 is 0 Å². The van der Waals surface area contributed by atoms with Crippen LogP contribution < -0.4 is 0 Å². The summed E-state index contributed by atoms with van der Waals surface area (Å²) in [4.78, 5) is 4.20. The van der Waals surface area contributed by atoms with Crippen molar-refractivity contribution in [3.8, 4) is 11.8 Å². The van der Waals surface area contributed by atoms with Crippen molar-refractivity contribution in [3.05, 3.63) is 29.3 Å². The summed E-state index contributed by atoms with van der Waals surface area (Å²) in [5.74, 6) is 6.55. The Morgan fingerprint density at radius 2 is 2.38 bits per heavy atom. The van der Waals surface area contributed by atoms with E-state index >= 15 is 0 Å². The lowest BCUT2D eigenvalue weighted by Crippen LogP contribution is -1.73. The van der Waals surface area contributed by atoms with Crippen molar-refractivity contribution in [1.29, 1.82) is 0 Å². The third kappa shape index (κ3) is 1.85. The molecule has 64 valence electrons. The molecular formula is C10H7NS2. The summed E-state index contributed by atoms with van der Waals surface area (Å²) < 4.78 is 1.19. The van der Waals surface area contributed by atoms with E-state index in [1.165, 1.54) is 4.70 Å². The molecule has 0 aliphatic heterocycles. The average molecular weight is 205 g/mol. The van der Waals surface area contributed by atoms with Crippen molar-refractivity contribution in [2.45, 2.75) is 0 Å². The Morgan fingerprint density at radius 1 is 1.46 bits per heavy atom. The zero-order valence-corrected chi connectivity index (χ0v) is 8.53. The number of fused-ring (bicyclic) bond motifs is 1. The molecule has 13 heavy (non-hydrogen) atoms. The number of benzene rings is 1. The quantitative estimate of drug-likeness (QED) is 0.515. The number of aromatic nitrogens is 1. The summed E-state index contributed by atoms with van der Waals surface area (Å²) in [5.41, 5.74) is 3.92. The minimum atomic E-state index is 0.598. The Kier molecular flexibility index (Phi) is 2.53. The topological polar surface area (TPSA) is 12.9 Å². The van der Waals surface area contributed by atoms with Gasteiger partial charge < -0.3 is 0 Å². The van der Waals surface area contributed by atoms with Gasteiger partial charge in [-0.2, -0.15) is 12.6 Å². The van der Waals surface area contributed by atoms with Crippen LogP contribution >= 0.6 is 24.0 Å². The lowest BCUT2D eigenvalue weighted by Gasteiger charge is -1.89. The summed E-state index contributed by atoms with van der Waals surface area (Å²) in [5, 5.41) is 0. The normalized spacial score (nSPS) is 9.62. The molecule has 2 rings (SSSR count). The first-order chi connectivity index (χ1) is 6.40. The van der Waals surface area contributed by atoms with Crippen LogP contribution in [0.5, 0.6) is 0 Å². The van der Waals surface area contributed by atoms with Crippen LogP contribution in [0.2, 0.25) is 0 Å². The number of thiazole rings is 1. The zero-order chi connectivity index (χ0) is 9.10. The predicted octanol–water partition coefficient (Wildman–Crippen LogP) is 2.58. The summed E-state index contributed by atoms with van der Waals surface area (Å²) in [6, 6.07) is 6.04. The van der Waals surface area contributed by atoms with Gasteiger partial charge >= 0.3 is 0 Å². The third-order valence-corrected chi connectivity index (χ3v) is 2.59. The molecule has 1 aromatic carbocycles. The highest BCUT2D eigenvalue weighted by Gasteiger charge is 1.95. The van der Waals surface area contributed by atoms with Crippen LogP contribution in [0, 0.1) is 11.8 Å². The van der Waals surface area contributed by atoms with Gasteiger partial charge in [0.25, 0.3) is 0 Å². The van der Waals surface area contributed by atoms with Crippen LogP contribution in [0.4, 0.5) is 0 Å². The highest BCUT2D eigenvalue weighted by molar-refractivity contribution is 7.80. The molecule has 1 heterocycles. The van der Waals surface area contributed by atoms with Crippen LogP contribution in [0.15, 0.2) is 23.7 Å². The van der Waals surface area contributed by atoms with Crippen molar-refractivity contribution in [2.75, 3.05) is 5.75 Å². The van der Waals surface area contributed by atoms with Gasteiger partial charge in [0.05, 0.1) is 21.5 Å². The van der Waals surface area contributed by atoms with Gasteiger partial charge in [-0.15, -0.1) is 11.3 Å². The SMILES string of the molecule is SCC#Cc1ccc2ncsc2c1. The molecule has 2 aromatic rings. The minimum Gasteiger partial charge on any atom is -0.245 e. The van der Waals surface area contributed by atoms with Crippen LogP contribution in [-0.4, -0.2) is 10.7 Å². The molecule has 0 unspecified atom stereocenters. The van der Waals surface area contributed by atoms with Gasteiger partial charge in [-0.05, 0) is 18.2 Å². The maximum Gasteiger partial charge on any atom is 0.0812 e. The number of thiol groups is 1. The Bertz CT molecular complexity index is 476. The van der Waals surface area contributed by atoms with Gasteiger partial charge in [-0.1, -0.05) is 11.8 Å². The highest BCUT2D eigenvalue weighted by atomic mass is 32.1. The van der Waals surface area contributed by atoms with Crippen LogP contribution in [-0.2, 0) is 0 Å². The van der Waals surface area contributed by atoms with Gasteiger partial charge in [-0.3, -0.25) is 0 Å². The Hall–Kier alpha value is -0.980. The van der Waals surface area contributed by atoms with E-state index in [1.807, 2.05) is 17.6 Å². The average Bonchev–Trinajstić information content (AvgIpc) is 2.61. The molecule has 0 fully saturated rings. The van der Waals surface area contributed by atoms with Crippen molar-refractivity contribution in [2.24, 2.45) is 0 Å². The van der Waals surface area contributed by atoms with E-state index in [2.05, 4.69) is 35.5 Å². The molecule has 0 atom stereocenters. The minimum absolute atomic E-state index is 0.598. The second-order valence-corrected chi connectivity index (χ2v) is 3.70. The standard InChI is InChI=1S/C10H7NS2/c12-5-1-2-8-3-4-9-10(6-8)13-7-11-9/h3-4,6-7,12H,5H2. The van der Waals surface area contributed by atoms with Gasteiger partial charge in [0.1, 0.15) is 0 Å². The fourth-order valence-corrected chi connectivity index (χ4v) is 1.87. The van der Waals surface area contributed by atoms with Crippen LogP contribution in [0.25, 0.3) is 10.2 Å². The first-order valence-corrected chi connectivity index (χ1v) is 5.34. The zero-order valence-electron chi connectivity index (χ0n) is 6.82. The number of hydrogen-bond donors (Lipinski definition) is 1. The molecule has 0 saturated heterocycles. The van der Waals surface area contributed by atoms with E-state index in [4.69, 9.17) is 0 Å². The molecule has 3 heteroatoms. The number of hydrogen-bond acceptors (Lipinski definition) is 3. The van der Waals surface area contributed by atoms with E-state index in [9.17, 15) is 0 Å². The van der Waals surface area contributed by atoms with Crippen LogP contribution in [0.3, 0.4) is 0 Å². The van der Waals surface area contributed by atoms with Gasteiger partial charge in [0.2, 0.25) is 0 Å². The van der Waals surface area contributed by atoms with Gasteiger partial charge in [-0.25, -0.2) is 4.98 Å². The molecule has 0 radical (unpaired) electrons. The molecule has 0 bridgehead atoms. The first-order valence-electron chi connectivity index (χ1n) is 3.83. The molecule has 0 aliphatic carbocycles. The van der Waals surface area contributed by atoms with Gasteiger partial charge in [0, 0.05) is 5.56 Å².